The van der Waals surface area contributed by atoms with E-state index >= 15 is 0 Å². The Morgan fingerprint density at radius 2 is 1.82 bits per heavy atom. The highest BCUT2D eigenvalue weighted by Crippen LogP contribution is 2.39. The lowest BCUT2D eigenvalue weighted by molar-refractivity contribution is 0.0996. The number of carbonyl (C=O) groups excluding carboxylic acids is 1. The molecule has 3 aromatic rings. The molecule has 0 radical (unpaired) electrons. The van der Waals surface area contributed by atoms with Crippen molar-refractivity contribution in [1.29, 1.82) is 0 Å². The Hall–Kier alpha value is -2.66. The monoisotopic (exact) mass is 392 g/mol. The quantitative estimate of drug-likeness (QED) is 0.616. The number of anilines is 1. The normalized spacial score (nSPS) is 13.1. The third-order valence-electron chi connectivity index (χ3n) is 4.95. The summed E-state index contributed by atoms with van der Waals surface area (Å²) in [5.74, 6) is -0.0306. The van der Waals surface area contributed by atoms with E-state index in [1.165, 1.54) is 0 Å². The van der Waals surface area contributed by atoms with E-state index < -0.39 is 0 Å². The Kier molecular flexibility index (Phi) is 5.44. The van der Waals surface area contributed by atoms with Crippen LogP contribution in [0.15, 0.2) is 66.7 Å². The first-order valence-corrected chi connectivity index (χ1v) is 9.66. The van der Waals surface area contributed by atoms with Gasteiger partial charge in [-0.05, 0) is 28.8 Å². The van der Waals surface area contributed by atoms with Crippen molar-refractivity contribution in [3.63, 3.8) is 0 Å². The summed E-state index contributed by atoms with van der Waals surface area (Å²) in [5.41, 5.74) is 5.46. The number of carbonyl (C=O) groups is 1. The van der Waals surface area contributed by atoms with Gasteiger partial charge in [0.15, 0.2) is 0 Å². The zero-order valence-electron chi connectivity index (χ0n) is 15.4. The standard InChI is InChI=1S/C23H21ClN2O2/c24-22-19(17-5-2-1-3-6-17)7-4-8-21(22)26-15-18-13-16(14-25-11-12-27)9-10-20(18)23(26)28/h1-10,13,25,27H,11-12,14-15H2. The summed E-state index contributed by atoms with van der Waals surface area (Å²) in [6.07, 6.45) is 0. The fraction of sp³-hybridized carbons (Fsp3) is 0.174. The van der Waals surface area contributed by atoms with Crippen LogP contribution in [0.2, 0.25) is 5.02 Å². The van der Waals surface area contributed by atoms with Crippen molar-refractivity contribution >= 4 is 23.2 Å². The van der Waals surface area contributed by atoms with Crippen LogP contribution in [0.1, 0.15) is 21.5 Å². The molecule has 1 heterocycles. The van der Waals surface area contributed by atoms with E-state index in [-0.39, 0.29) is 12.5 Å². The van der Waals surface area contributed by atoms with Crippen molar-refractivity contribution in [2.75, 3.05) is 18.1 Å². The Morgan fingerprint density at radius 3 is 2.61 bits per heavy atom. The molecule has 0 aliphatic carbocycles. The third-order valence-corrected chi connectivity index (χ3v) is 5.34. The molecule has 0 saturated heterocycles. The number of nitrogens with one attached hydrogen (secondary N) is 1. The van der Waals surface area contributed by atoms with Gasteiger partial charge in [-0.15, -0.1) is 0 Å². The topological polar surface area (TPSA) is 52.6 Å². The minimum atomic E-state index is -0.0306. The van der Waals surface area contributed by atoms with Gasteiger partial charge in [0.1, 0.15) is 0 Å². The van der Waals surface area contributed by atoms with Crippen molar-refractivity contribution in [3.8, 4) is 11.1 Å². The molecule has 0 fully saturated rings. The van der Waals surface area contributed by atoms with Gasteiger partial charge >= 0.3 is 0 Å². The van der Waals surface area contributed by atoms with E-state index in [0.29, 0.717) is 30.2 Å². The van der Waals surface area contributed by atoms with Crippen molar-refractivity contribution in [1.82, 2.24) is 5.32 Å². The minimum absolute atomic E-state index is 0.0306. The number of halogens is 1. The predicted molar refractivity (Wildman–Crippen MR) is 113 cm³/mol. The van der Waals surface area contributed by atoms with Crippen molar-refractivity contribution in [2.45, 2.75) is 13.1 Å². The number of aliphatic hydroxyl groups excluding tert-OH is 1. The molecule has 0 spiro atoms. The number of nitrogens with zero attached hydrogens (tertiary/aromatic N) is 1. The van der Waals surface area contributed by atoms with Gasteiger partial charge in [0.05, 0.1) is 23.9 Å². The first-order chi connectivity index (χ1) is 13.7. The van der Waals surface area contributed by atoms with E-state index in [2.05, 4.69) is 5.32 Å². The number of rotatable bonds is 6. The lowest BCUT2D eigenvalue weighted by Crippen LogP contribution is -2.23. The second kappa shape index (κ2) is 8.15. The average molecular weight is 393 g/mol. The molecule has 0 aromatic heterocycles. The van der Waals surface area contributed by atoms with Crippen molar-refractivity contribution in [3.05, 3.63) is 88.4 Å². The first kappa shape index (κ1) is 18.7. The molecule has 0 saturated carbocycles. The maximum Gasteiger partial charge on any atom is 0.258 e. The summed E-state index contributed by atoms with van der Waals surface area (Å²) in [5, 5.41) is 12.6. The van der Waals surface area contributed by atoms with Crippen LogP contribution in [-0.2, 0) is 13.1 Å². The third kappa shape index (κ3) is 3.54. The fourth-order valence-corrected chi connectivity index (χ4v) is 3.90. The lowest BCUT2D eigenvalue weighted by atomic mass is 10.0. The van der Waals surface area contributed by atoms with Gasteiger partial charge in [0.25, 0.3) is 5.91 Å². The smallest absolute Gasteiger partial charge is 0.258 e. The highest BCUT2D eigenvalue weighted by molar-refractivity contribution is 6.37. The summed E-state index contributed by atoms with van der Waals surface area (Å²) < 4.78 is 0. The van der Waals surface area contributed by atoms with E-state index in [0.717, 1.165) is 27.9 Å². The van der Waals surface area contributed by atoms with Crippen LogP contribution >= 0.6 is 11.6 Å². The molecule has 1 aliphatic rings. The van der Waals surface area contributed by atoms with Crippen LogP contribution in [0.5, 0.6) is 0 Å². The zero-order valence-corrected chi connectivity index (χ0v) is 16.1. The maximum atomic E-state index is 13.0. The van der Waals surface area contributed by atoms with Crippen molar-refractivity contribution in [2.24, 2.45) is 0 Å². The highest BCUT2D eigenvalue weighted by Gasteiger charge is 2.30. The van der Waals surface area contributed by atoms with Crippen LogP contribution < -0.4 is 10.2 Å². The second-order valence-corrected chi connectivity index (χ2v) is 7.17. The van der Waals surface area contributed by atoms with Crippen molar-refractivity contribution < 1.29 is 9.90 Å². The number of benzene rings is 3. The number of amides is 1. The van der Waals surface area contributed by atoms with E-state index in [4.69, 9.17) is 16.7 Å². The number of hydrogen-bond acceptors (Lipinski definition) is 3. The first-order valence-electron chi connectivity index (χ1n) is 9.28. The highest BCUT2D eigenvalue weighted by atomic mass is 35.5. The maximum absolute atomic E-state index is 13.0. The van der Waals surface area contributed by atoms with Crippen LogP contribution in [0.25, 0.3) is 11.1 Å². The average Bonchev–Trinajstić information content (AvgIpc) is 3.05. The van der Waals surface area contributed by atoms with Crippen LogP contribution in [0.3, 0.4) is 0 Å². The van der Waals surface area contributed by atoms with Gasteiger partial charge in [-0.3, -0.25) is 4.79 Å². The zero-order chi connectivity index (χ0) is 19.5. The van der Waals surface area contributed by atoms with E-state index in [1.54, 1.807) is 4.90 Å². The van der Waals surface area contributed by atoms with Gasteiger partial charge in [-0.2, -0.15) is 0 Å². The fourth-order valence-electron chi connectivity index (χ4n) is 3.56. The molecule has 142 valence electrons. The second-order valence-electron chi connectivity index (χ2n) is 6.79. The molecule has 0 unspecified atom stereocenters. The molecule has 4 nitrogen and oxygen atoms in total. The van der Waals surface area contributed by atoms with Gasteiger partial charge in [0.2, 0.25) is 0 Å². The summed E-state index contributed by atoms with van der Waals surface area (Å²) in [4.78, 5) is 14.7. The summed E-state index contributed by atoms with van der Waals surface area (Å²) >= 11 is 6.72. The van der Waals surface area contributed by atoms with Gasteiger partial charge in [-0.25, -0.2) is 0 Å². The van der Waals surface area contributed by atoms with E-state index in [1.807, 2.05) is 66.7 Å². The van der Waals surface area contributed by atoms with Gasteiger partial charge in [0, 0.05) is 24.2 Å². The SMILES string of the molecule is O=C1c2ccc(CNCCO)cc2CN1c1cccc(-c2ccccc2)c1Cl. The Labute approximate surface area is 169 Å². The van der Waals surface area contributed by atoms with Crippen LogP contribution in [0.4, 0.5) is 5.69 Å². The summed E-state index contributed by atoms with van der Waals surface area (Å²) in [7, 11) is 0. The Balaban J connectivity index is 1.63. The minimum Gasteiger partial charge on any atom is -0.395 e. The summed E-state index contributed by atoms with van der Waals surface area (Å²) in [6.45, 7) is 1.81. The Bertz CT molecular complexity index is 1000. The number of fused-ring (bicyclic) bond motifs is 1. The van der Waals surface area contributed by atoms with Gasteiger partial charge < -0.3 is 15.3 Å². The van der Waals surface area contributed by atoms with Crippen LogP contribution in [0, 0.1) is 0 Å². The number of hydrogen-bond donors (Lipinski definition) is 2. The summed E-state index contributed by atoms with van der Waals surface area (Å²) in [6, 6.07) is 21.6. The predicted octanol–water partition coefficient (Wildman–Crippen LogP) is 4.25. The number of aliphatic hydroxyl groups is 1. The molecule has 3 aromatic carbocycles. The molecule has 4 rings (SSSR count). The molecular weight excluding hydrogens is 372 g/mol. The van der Waals surface area contributed by atoms with Crippen LogP contribution in [-0.4, -0.2) is 24.2 Å². The molecular formula is C23H21ClN2O2. The van der Waals surface area contributed by atoms with Gasteiger partial charge in [-0.1, -0.05) is 66.2 Å². The molecule has 2 N–H and O–H groups in total. The lowest BCUT2D eigenvalue weighted by Gasteiger charge is -2.19. The Morgan fingerprint density at radius 1 is 1.00 bits per heavy atom. The van der Waals surface area contributed by atoms with E-state index in [9.17, 15) is 4.79 Å². The molecule has 0 bridgehead atoms. The largest absolute Gasteiger partial charge is 0.395 e. The molecule has 28 heavy (non-hydrogen) atoms. The molecule has 1 amide bonds. The molecule has 0 atom stereocenters. The molecule has 5 heteroatoms. The molecule has 1 aliphatic heterocycles.